The molecule has 1 rings (SSSR count). The van der Waals surface area contributed by atoms with Gasteiger partial charge in [0.2, 0.25) is 0 Å². The van der Waals surface area contributed by atoms with E-state index in [9.17, 15) is 4.21 Å². The van der Waals surface area contributed by atoms with Gasteiger partial charge >= 0.3 is 0 Å². The Morgan fingerprint density at radius 1 is 1.71 bits per heavy atom. The van der Waals surface area contributed by atoms with Gasteiger partial charge in [0.05, 0.1) is 12.0 Å². The standard InChI is InChI=1S/C9H17N3OS/c1-8(6-14(3)13)12-7-11-5-9(12)4-10-2/h5,7-8,10H,4,6H2,1-3H3. The molecule has 1 aromatic heterocycles. The summed E-state index contributed by atoms with van der Waals surface area (Å²) < 4.78 is 13.1. The Labute approximate surface area is 87.2 Å². The van der Waals surface area contributed by atoms with Crippen molar-refractivity contribution in [2.45, 2.75) is 19.5 Å². The minimum Gasteiger partial charge on any atom is -0.330 e. The van der Waals surface area contributed by atoms with Crippen molar-refractivity contribution in [3.05, 3.63) is 18.2 Å². The van der Waals surface area contributed by atoms with Gasteiger partial charge in [-0.2, -0.15) is 0 Å². The van der Waals surface area contributed by atoms with Crippen LogP contribution in [0.2, 0.25) is 0 Å². The van der Waals surface area contributed by atoms with Crippen molar-refractivity contribution in [2.24, 2.45) is 0 Å². The molecule has 0 aliphatic carbocycles. The molecule has 0 amide bonds. The molecule has 2 atom stereocenters. The zero-order valence-corrected chi connectivity index (χ0v) is 9.67. The maximum absolute atomic E-state index is 11.1. The fraction of sp³-hybridized carbons (Fsp3) is 0.667. The van der Waals surface area contributed by atoms with Gasteiger partial charge in [0.15, 0.2) is 0 Å². The van der Waals surface area contributed by atoms with Gasteiger partial charge in [-0.05, 0) is 14.0 Å². The van der Waals surface area contributed by atoms with Gasteiger partial charge in [0.25, 0.3) is 0 Å². The Balaban J connectivity index is 2.72. The van der Waals surface area contributed by atoms with Crippen molar-refractivity contribution < 1.29 is 4.21 Å². The fourth-order valence-electron chi connectivity index (χ4n) is 1.47. The lowest BCUT2D eigenvalue weighted by molar-refractivity contribution is 0.563. The molecule has 1 heterocycles. The molecule has 0 saturated heterocycles. The number of nitrogens with one attached hydrogen (secondary N) is 1. The second-order valence-corrected chi connectivity index (χ2v) is 4.89. The minimum absolute atomic E-state index is 0.242. The monoisotopic (exact) mass is 215 g/mol. The summed E-state index contributed by atoms with van der Waals surface area (Å²) >= 11 is 0. The third-order valence-corrected chi connectivity index (χ3v) is 3.01. The van der Waals surface area contributed by atoms with Crippen molar-refractivity contribution in [1.29, 1.82) is 0 Å². The summed E-state index contributed by atoms with van der Waals surface area (Å²) in [6.45, 7) is 2.85. The lowest BCUT2D eigenvalue weighted by Gasteiger charge is -2.14. The first-order chi connectivity index (χ1) is 6.65. The van der Waals surface area contributed by atoms with E-state index in [-0.39, 0.29) is 6.04 Å². The minimum atomic E-state index is -0.762. The summed E-state index contributed by atoms with van der Waals surface area (Å²) in [5.41, 5.74) is 1.13. The highest BCUT2D eigenvalue weighted by molar-refractivity contribution is 7.84. The molecule has 0 bridgehead atoms. The zero-order valence-electron chi connectivity index (χ0n) is 8.86. The summed E-state index contributed by atoms with van der Waals surface area (Å²) in [5, 5.41) is 3.08. The molecular formula is C9H17N3OS. The molecule has 2 unspecified atom stereocenters. The first-order valence-electron chi connectivity index (χ1n) is 4.60. The third kappa shape index (κ3) is 2.92. The number of aromatic nitrogens is 2. The molecule has 80 valence electrons. The Morgan fingerprint density at radius 2 is 2.43 bits per heavy atom. The molecule has 0 aliphatic rings. The van der Waals surface area contributed by atoms with Gasteiger partial charge in [-0.1, -0.05) is 0 Å². The van der Waals surface area contributed by atoms with Gasteiger partial charge in [0.1, 0.15) is 0 Å². The summed E-state index contributed by atoms with van der Waals surface area (Å²) in [6, 6.07) is 0.242. The number of hydrogen-bond donors (Lipinski definition) is 1. The molecule has 5 heteroatoms. The average Bonchev–Trinajstić information content (AvgIpc) is 2.51. The molecule has 0 aromatic carbocycles. The summed E-state index contributed by atoms with van der Waals surface area (Å²) in [7, 11) is 1.14. The first-order valence-corrected chi connectivity index (χ1v) is 6.33. The van der Waals surface area contributed by atoms with E-state index in [0.717, 1.165) is 12.2 Å². The SMILES string of the molecule is CNCc1cncn1C(C)CS(C)=O. The van der Waals surface area contributed by atoms with Crippen LogP contribution in [0.3, 0.4) is 0 Å². The van der Waals surface area contributed by atoms with E-state index in [2.05, 4.69) is 21.8 Å². The highest BCUT2D eigenvalue weighted by Gasteiger charge is 2.09. The van der Waals surface area contributed by atoms with Gasteiger partial charge in [-0.25, -0.2) is 4.98 Å². The van der Waals surface area contributed by atoms with Crippen LogP contribution in [0.1, 0.15) is 18.7 Å². The molecule has 0 saturated carbocycles. The van der Waals surface area contributed by atoms with Crippen molar-refractivity contribution in [2.75, 3.05) is 19.1 Å². The molecule has 0 radical (unpaired) electrons. The molecule has 0 fully saturated rings. The summed E-state index contributed by atoms with van der Waals surface area (Å²) in [4.78, 5) is 4.09. The van der Waals surface area contributed by atoms with Crippen LogP contribution >= 0.6 is 0 Å². The van der Waals surface area contributed by atoms with E-state index < -0.39 is 10.8 Å². The molecule has 0 spiro atoms. The Morgan fingerprint density at radius 3 is 3.00 bits per heavy atom. The van der Waals surface area contributed by atoms with Crippen LogP contribution in [-0.2, 0) is 17.3 Å². The number of rotatable bonds is 5. The van der Waals surface area contributed by atoms with Crippen LogP contribution in [0.25, 0.3) is 0 Å². The van der Waals surface area contributed by atoms with Gasteiger partial charge in [-0.15, -0.1) is 0 Å². The van der Waals surface area contributed by atoms with Crippen molar-refractivity contribution >= 4 is 10.8 Å². The maximum atomic E-state index is 11.1. The van der Waals surface area contributed by atoms with Crippen molar-refractivity contribution in [3.63, 3.8) is 0 Å². The summed E-state index contributed by atoms with van der Waals surface area (Å²) in [6.07, 6.45) is 5.36. The second kappa shape index (κ2) is 5.26. The molecule has 14 heavy (non-hydrogen) atoms. The van der Waals surface area contributed by atoms with Crippen molar-refractivity contribution in [1.82, 2.24) is 14.9 Å². The molecule has 0 aliphatic heterocycles. The van der Waals surface area contributed by atoms with E-state index in [0.29, 0.717) is 5.75 Å². The van der Waals surface area contributed by atoms with Crippen molar-refractivity contribution in [3.8, 4) is 0 Å². The second-order valence-electron chi connectivity index (χ2n) is 3.41. The van der Waals surface area contributed by atoms with E-state index in [1.165, 1.54) is 0 Å². The number of hydrogen-bond acceptors (Lipinski definition) is 3. The van der Waals surface area contributed by atoms with E-state index in [4.69, 9.17) is 0 Å². The average molecular weight is 215 g/mol. The fourth-order valence-corrected chi connectivity index (χ4v) is 2.31. The van der Waals surface area contributed by atoms with E-state index in [1.807, 2.05) is 13.2 Å². The molecule has 1 N–H and O–H groups in total. The Kier molecular flexibility index (Phi) is 4.28. The number of nitrogens with zero attached hydrogens (tertiary/aromatic N) is 2. The van der Waals surface area contributed by atoms with Crippen LogP contribution in [-0.4, -0.2) is 32.8 Å². The molecule has 1 aromatic rings. The topological polar surface area (TPSA) is 46.9 Å². The predicted octanol–water partition coefficient (Wildman–Crippen LogP) is 0.542. The molecule has 4 nitrogen and oxygen atoms in total. The van der Waals surface area contributed by atoms with Gasteiger partial charge in [-0.3, -0.25) is 4.21 Å². The van der Waals surface area contributed by atoms with Crippen LogP contribution in [0.4, 0.5) is 0 Å². The lowest BCUT2D eigenvalue weighted by atomic mass is 10.3. The highest BCUT2D eigenvalue weighted by atomic mass is 32.2. The predicted molar refractivity (Wildman–Crippen MR) is 58.6 cm³/mol. The van der Waals surface area contributed by atoms with E-state index >= 15 is 0 Å². The van der Waals surface area contributed by atoms with Crippen LogP contribution < -0.4 is 5.32 Å². The first kappa shape index (κ1) is 11.4. The smallest absolute Gasteiger partial charge is 0.0951 e. The lowest BCUT2D eigenvalue weighted by Crippen LogP contribution is -2.17. The van der Waals surface area contributed by atoms with Gasteiger partial charge in [0, 0.05) is 41.6 Å². The van der Waals surface area contributed by atoms with E-state index in [1.54, 1.807) is 12.6 Å². The zero-order chi connectivity index (χ0) is 10.6. The summed E-state index contributed by atoms with van der Waals surface area (Å²) in [5.74, 6) is 0.674. The quantitative estimate of drug-likeness (QED) is 0.780. The van der Waals surface area contributed by atoms with Crippen LogP contribution in [0.15, 0.2) is 12.5 Å². The molecular weight excluding hydrogens is 198 g/mol. The maximum Gasteiger partial charge on any atom is 0.0951 e. The van der Waals surface area contributed by atoms with Crippen LogP contribution in [0.5, 0.6) is 0 Å². The normalized spacial score (nSPS) is 15.4. The third-order valence-electron chi connectivity index (χ3n) is 2.05. The Bertz CT molecular complexity index is 311. The Hall–Kier alpha value is -0.680. The highest BCUT2D eigenvalue weighted by Crippen LogP contribution is 2.10. The van der Waals surface area contributed by atoms with Crippen LogP contribution in [0, 0.1) is 0 Å². The van der Waals surface area contributed by atoms with Gasteiger partial charge < -0.3 is 9.88 Å². The number of imidazole rings is 1. The largest absolute Gasteiger partial charge is 0.330 e.